The SMILES string of the molecule is O=C(C=Cc1ccc(F)cc1)NS(=O)C=Cc1ccc(F)cc1. The Morgan fingerprint density at radius 3 is 1.87 bits per heavy atom. The first-order chi connectivity index (χ1) is 11.0. The van der Waals surface area contributed by atoms with Crippen molar-refractivity contribution in [2.24, 2.45) is 0 Å². The van der Waals surface area contributed by atoms with Crippen LogP contribution >= 0.6 is 0 Å². The van der Waals surface area contributed by atoms with Crippen LogP contribution in [0.5, 0.6) is 0 Å². The average Bonchev–Trinajstić information content (AvgIpc) is 2.54. The first-order valence-corrected chi connectivity index (χ1v) is 7.83. The fourth-order valence-corrected chi connectivity index (χ4v) is 2.24. The molecule has 0 saturated heterocycles. The van der Waals surface area contributed by atoms with Crippen LogP contribution in [0.25, 0.3) is 12.2 Å². The van der Waals surface area contributed by atoms with Crippen LogP contribution < -0.4 is 4.72 Å². The lowest BCUT2D eigenvalue weighted by atomic mass is 10.2. The molecule has 1 unspecified atom stereocenters. The highest BCUT2D eigenvalue weighted by molar-refractivity contribution is 7.86. The zero-order valence-corrected chi connectivity index (χ0v) is 12.7. The number of carbonyl (C=O) groups is 1. The molecule has 1 N–H and O–H groups in total. The summed E-state index contributed by atoms with van der Waals surface area (Å²) < 4.78 is 39.4. The number of hydrogen-bond acceptors (Lipinski definition) is 2. The summed E-state index contributed by atoms with van der Waals surface area (Å²) in [5.41, 5.74) is 1.31. The molecule has 118 valence electrons. The van der Waals surface area contributed by atoms with Crippen molar-refractivity contribution in [3.63, 3.8) is 0 Å². The van der Waals surface area contributed by atoms with Crippen molar-refractivity contribution in [3.05, 3.63) is 82.8 Å². The molecule has 2 rings (SSSR count). The third-order valence-electron chi connectivity index (χ3n) is 2.75. The maximum absolute atomic E-state index is 12.7. The highest BCUT2D eigenvalue weighted by Crippen LogP contribution is 2.06. The summed E-state index contributed by atoms with van der Waals surface area (Å²) in [4.78, 5) is 11.6. The third kappa shape index (κ3) is 5.96. The summed E-state index contributed by atoms with van der Waals surface area (Å²) in [6, 6.07) is 11.2. The number of rotatable bonds is 5. The molecule has 0 aliphatic carbocycles. The van der Waals surface area contributed by atoms with E-state index in [1.807, 2.05) is 0 Å². The second kappa shape index (κ2) is 8.14. The summed E-state index contributed by atoms with van der Waals surface area (Å²) in [5, 5.41) is 1.29. The smallest absolute Gasteiger partial charge is 0.255 e. The topological polar surface area (TPSA) is 46.2 Å². The molecule has 2 aromatic carbocycles. The molecule has 0 aliphatic heterocycles. The van der Waals surface area contributed by atoms with E-state index in [0.717, 1.165) is 0 Å². The third-order valence-corrected chi connectivity index (χ3v) is 3.54. The van der Waals surface area contributed by atoms with E-state index < -0.39 is 16.9 Å². The summed E-state index contributed by atoms with van der Waals surface area (Å²) in [6.07, 6.45) is 4.20. The molecular weight excluding hydrogens is 320 g/mol. The van der Waals surface area contributed by atoms with Crippen LogP contribution in [-0.2, 0) is 15.8 Å². The van der Waals surface area contributed by atoms with Gasteiger partial charge in [-0.05, 0) is 47.5 Å². The van der Waals surface area contributed by atoms with Gasteiger partial charge in [0.25, 0.3) is 5.91 Å². The zero-order chi connectivity index (χ0) is 16.7. The molecule has 0 radical (unpaired) electrons. The van der Waals surface area contributed by atoms with Crippen LogP contribution in [0.15, 0.2) is 60.0 Å². The number of carbonyl (C=O) groups excluding carboxylic acids is 1. The zero-order valence-electron chi connectivity index (χ0n) is 11.9. The predicted molar refractivity (Wildman–Crippen MR) is 87.2 cm³/mol. The average molecular weight is 333 g/mol. The van der Waals surface area contributed by atoms with Gasteiger partial charge in [-0.2, -0.15) is 0 Å². The van der Waals surface area contributed by atoms with E-state index in [4.69, 9.17) is 0 Å². The van der Waals surface area contributed by atoms with Crippen LogP contribution in [0, 0.1) is 11.6 Å². The molecule has 2 aromatic rings. The Hall–Kier alpha value is -2.60. The highest BCUT2D eigenvalue weighted by Gasteiger charge is 1.99. The van der Waals surface area contributed by atoms with Crippen molar-refractivity contribution in [1.82, 2.24) is 4.72 Å². The summed E-state index contributed by atoms with van der Waals surface area (Å²) >= 11 is 0. The van der Waals surface area contributed by atoms with E-state index in [1.165, 1.54) is 72.2 Å². The lowest BCUT2D eigenvalue weighted by Gasteiger charge is -1.97. The van der Waals surface area contributed by atoms with E-state index in [1.54, 1.807) is 0 Å². The highest BCUT2D eigenvalue weighted by atomic mass is 32.2. The van der Waals surface area contributed by atoms with Crippen molar-refractivity contribution < 1.29 is 17.8 Å². The maximum atomic E-state index is 12.7. The summed E-state index contributed by atoms with van der Waals surface area (Å²) in [6.45, 7) is 0. The van der Waals surface area contributed by atoms with Crippen LogP contribution in [0.1, 0.15) is 11.1 Å². The fraction of sp³-hybridized carbons (Fsp3) is 0. The van der Waals surface area contributed by atoms with Gasteiger partial charge in [0.15, 0.2) is 0 Å². The molecule has 6 heteroatoms. The first kappa shape index (κ1) is 16.8. The lowest BCUT2D eigenvalue weighted by Crippen LogP contribution is -2.21. The second-order valence-electron chi connectivity index (χ2n) is 4.50. The van der Waals surface area contributed by atoms with Gasteiger partial charge in [-0.15, -0.1) is 0 Å². The molecule has 0 bridgehead atoms. The van der Waals surface area contributed by atoms with Crippen molar-refractivity contribution >= 4 is 29.0 Å². The quantitative estimate of drug-likeness (QED) is 0.852. The van der Waals surface area contributed by atoms with Gasteiger partial charge in [0.2, 0.25) is 0 Å². The van der Waals surface area contributed by atoms with Crippen LogP contribution in [0.4, 0.5) is 8.78 Å². The predicted octanol–water partition coefficient (Wildman–Crippen LogP) is 3.43. The Morgan fingerprint density at radius 1 is 0.870 bits per heavy atom. The van der Waals surface area contributed by atoms with Crippen molar-refractivity contribution in [2.75, 3.05) is 0 Å². The Bertz CT molecular complexity index is 688. The van der Waals surface area contributed by atoms with E-state index in [2.05, 4.69) is 4.72 Å². The number of amides is 1. The fourth-order valence-electron chi connectivity index (χ4n) is 1.63. The molecule has 23 heavy (non-hydrogen) atoms. The van der Waals surface area contributed by atoms with Gasteiger partial charge < -0.3 is 0 Å². The molecule has 1 atom stereocenters. The van der Waals surface area contributed by atoms with Crippen LogP contribution in [-0.4, -0.2) is 10.1 Å². The van der Waals surface area contributed by atoms with E-state index in [0.29, 0.717) is 11.1 Å². The Kier molecular flexibility index (Phi) is 5.94. The molecule has 3 nitrogen and oxygen atoms in total. The Morgan fingerprint density at radius 2 is 1.35 bits per heavy atom. The van der Waals surface area contributed by atoms with Gasteiger partial charge in [0.1, 0.15) is 22.6 Å². The monoisotopic (exact) mass is 333 g/mol. The van der Waals surface area contributed by atoms with Gasteiger partial charge >= 0.3 is 0 Å². The van der Waals surface area contributed by atoms with Crippen LogP contribution in [0.2, 0.25) is 0 Å². The molecule has 0 spiro atoms. The van der Waals surface area contributed by atoms with E-state index >= 15 is 0 Å². The Labute approximate surface area is 134 Å². The Balaban J connectivity index is 1.88. The summed E-state index contributed by atoms with van der Waals surface area (Å²) in [7, 11) is -1.70. The van der Waals surface area contributed by atoms with Crippen LogP contribution in [0.3, 0.4) is 0 Å². The maximum Gasteiger partial charge on any atom is 0.255 e. The molecule has 0 heterocycles. The largest absolute Gasteiger partial charge is 0.269 e. The standard InChI is InChI=1S/C17H13F2NO2S/c18-15-6-1-13(2-7-15)5-10-17(21)20-23(22)12-11-14-3-8-16(19)9-4-14/h1-12H,(H,20,21). The second-order valence-corrected chi connectivity index (χ2v) is 5.57. The number of halogens is 2. The molecule has 0 aromatic heterocycles. The minimum atomic E-state index is -1.70. The van der Waals surface area contributed by atoms with Crippen molar-refractivity contribution in [2.45, 2.75) is 0 Å². The van der Waals surface area contributed by atoms with Gasteiger partial charge in [-0.3, -0.25) is 9.52 Å². The number of nitrogens with one attached hydrogen (secondary N) is 1. The molecule has 1 amide bonds. The summed E-state index contributed by atoms with van der Waals surface area (Å²) in [5.74, 6) is -1.27. The van der Waals surface area contributed by atoms with Gasteiger partial charge in [0.05, 0.1) is 0 Å². The van der Waals surface area contributed by atoms with Crippen molar-refractivity contribution in [3.8, 4) is 0 Å². The number of benzene rings is 2. The van der Waals surface area contributed by atoms with Gasteiger partial charge in [-0.25, -0.2) is 13.0 Å². The molecular formula is C17H13F2NO2S. The molecule has 0 aliphatic rings. The van der Waals surface area contributed by atoms with Gasteiger partial charge in [0, 0.05) is 11.5 Å². The van der Waals surface area contributed by atoms with Gasteiger partial charge in [-0.1, -0.05) is 24.3 Å². The minimum absolute atomic E-state index is 0.359. The first-order valence-electron chi connectivity index (χ1n) is 6.61. The number of hydrogen-bond donors (Lipinski definition) is 1. The molecule has 0 saturated carbocycles. The normalized spacial score (nSPS) is 12.6. The minimum Gasteiger partial charge on any atom is -0.269 e. The van der Waals surface area contributed by atoms with Crippen molar-refractivity contribution in [1.29, 1.82) is 0 Å². The lowest BCUT2D eigenvalue weighted by molar-refractivity contribution is -0.114. The van der Waals surface area contributed by atoms with E-state index in [9.17, 15) is 17.8 Å². The van der Waals surface area contributed by atoms with E-state index in [-0.39, 0.29) is 11.6 Å². The molecule has 0 fully saturated rings.